The number of rotatable bonds is 4. The summed E-state index contributed by atoms with van der Waals surface area (Å²) in [6, 6.07) is 5.71. The van der Waals surface area contributed by atoms with Crippen LogP contribution in [0.2, 0.25) is 0 Å². The van der Waals surface area contributed by atoms with Gasteiger partial charge in [0.1, 0.15) is 5.69 Å². The van der Waals surface area contributed by atoms with E-state index in [1.807, 2.05) is 18.2 Å². The van der Waals surface area contributed by atoms with Gasteiger partial charge >= 0.3 is 5.97 Å². The molecule has 1 aromatic heterocycles. The number of aromatic nitrogens is 1. The summed E-state index contributed by atoms with van der Waals surface area (Å²) in [6.45, 7) is 3.40. The molecule has 1 aliphatic heterocycles. The SMILES string of the molecule is CCOC(=O)Cc1noc2cc(N3CC(O)C3)ccc12. The standard InChI is InChI=1S/C14H16N2O4/c1-2-19-14(18)6-12-11-4-3-9(5-13(11)20-15-12)16-7-10(17)8-16/h3-5,10,17H,2,6-8H2,1H3. The summed E-state index contributed by atoms with van der Waals surface area (Å²) in [6.07, 6.45) is -0.136. The van der Waals surface area contributed by atoms with E-state index in [9.17, 15) is 9.90 Å². The van der Waals surface area contributed by atoms with Crippen molar-refractivity contribution in [1.82, 2.24) is 5.16 Å². The Morgan fingerprint density at radius 2 is 2.35 bits per heavy atom. The van der Waals surface area contributed by atoms with Crippen LogP contribution in [0.4, 0.5) is 5.69 Å². The third-order valence-corrected chi connectivity index (χ3v) is 3.37. The number of ether oxygens (including phenoxy) is 1. The monoisotopic (exact) mass is 276 g/mol. The molecule has 1 aromatic carbocycles. The Labute approximate surface area is 115 Å². The van der Waals surface area contributed by atoms with Crippen LogP contribution in [-0.4, -0.2) is 42.0 Å². The van der Waals surface area contributed by atoms with Gasteiger partial charge in [0.15, 0.2) is 5.58 Å². The summed E-state index contributed by atoms with van der Waals surface area (Å²) in [5, 5.41) is 14.1. The molecule has 20 heavy (non-hydrogen) atoms. The Morgan fingerprint density at radius 3 is 3.05 bits per heavy atom. The summed E-state index contributed by atoms with van der Waals surface area (Å²) < 4.78 is 10.2. The first-order valence-electron chi connectivity index (χ1n) is 6.64. The van der Waals surface area contributed by atoms with E-state index in [2.05, 4.69) is 10.1 Å². The number of aliphatic hydroxyl groups is 1. The second-order valence-corrected chi connectivity index (χ2v) is 4.85. The molecule has 0 spiro atoms. The number of hydrogen-bond donors (Lipinski definition) is 1. The highest BCUT2D eigenvalue weighted by atomic mass is 16.5. The number of carbonyl (C=O) groups excluding carboxylic acids is 1. The van der Waals surface area contributed by atoms with E-state index >= 15 is 0 Å². The summed E-state index contributed by atoms with van der Waals surface area (Å²) in [4.78, 5) is 13.5. The van der Waals surface area contributed by atoms with E-state index in [4.69, 9.17) is 9.26 Å². The molecule has 6 nitrogen and oxygen atoms in total. The molecule has 0 radical (unpaired) electrons. The second-order valence-electron chi connectivity index (χ2n) is 4.85. The smallest absolute Gasteiger partial charge is 0.312 e. The lowest BCUT2D eigenvalue weighted by molar-refractivity contribution is -0.142. The molecule has 0 amide bonds. The molecule has 6 heteroatoms. The number of benzene rings is 1. The van der Waals surface area contributed by atoms with Crippen LogP contribution in [0.5, 0.6) is 0 Å². The molecule has 0 bridgehead atoms. The largest absolute Gasteiger partial charge is 0.466 e. The van der Waals surface area contributed by atoms with Crippen molar-refractivity contribution in [3.05, 3.63) is 23.9 Å². The van der Waals surface area contributed by atoms with Crippen LogP contribution in [-0.2, 0) is 16.0 Å². The Balaban J connectivity index is 1.81. The minimum absolute atomic E-state index is 0.114. The summed E-state index contributed by atoms with van der Waals surface area (Å²) >= 11 is 0. The predicted molar refractivity (Wildman–Crippen MR) is 72.6 cm³/mol. The molecule has 1 saturated heterocycles. The third kappa shape index (κ3) is 2.34. The molecular formula is C14H16N2O4. The Morgan fingerprint density at radius 1 is 1.55 bits per heavy atom. The number of fused-ring (bicyclic) bond motifs is 1. The number of anilines is 1. The van der Waals surface area contributed by atoms with Gasteiger partial charge in [0, 0.05) is 30.2 Å². The van der Waals surface area contributed by atoms with E-state index < -0.39 is 0 Å². The number of esters is 1. The minimum atomic E-state index is -0.308. The number of aliphatic hydroxyl groups excluding tert-OH is 1. The van der Waals surface area contributed by atoms with Crippen LogP contribution >= 0.6 is 0 Å². The Bertz CT molecular complexity index is 631. The van der Waals surface area contributed by atoms with Gasteiger partial charge < -0.3 is 19.3 Å². The van der Waals surface area contributed by atoms with E-state index in [1.54, 1.807) is 6.92 Å². The van der Waals surface area contributed by atoms with Crippen LogP contribution in [0.1, 0.15) is 12.6 Å². The molecule has 1 N–H and O–H groups in total. The zero-order valence-corrected chi connectivity index (χ0v) is 11.2. The van der Waals surface area contributed by atoms with Crippen LogP contribution in [0.25, 0.3) is 11.0 Å². The lowest BCUT2D eigenvalue weighted by Crippen LogP contribution is -2.50. The molecule has 0 unspecified atom stereocenters. The van der Waals surface area contributed by atoms with Gasteiger partial charge in [0.05, 0.1) is 19.1 Å². The fraction of sp³-hybridized carbons (Fsp3) is 0.429. The van der Waals surface area contributed by atoms with E-state index in [0.29, 0.717) is 31.0 Å². The highest BCUT2D eigenvalue weighted by molar-refractivity contribution is 5.86. The summed E-state index contributed by atoms with van der Waals surface area (Å²) in [5.74, 6) is -0.308. The fourth-order valence-corrected chi connectivity index (χ4v) is 2.32. The molecule has 106 valence electrons. The van der Waals surface area contributed by atoms with Gasteiger partial charge in [0.2, 0.25) is 0 Å². The van der Waals surface area contributed by atoms with Gasteiger partial charge in [-0.1, -0.05) is 5.16 Å². The van der Waals surface area contributed by atoms with Crippen molar-refractivity contribution >= 4 is 22.6 Å². The van der Waals surface area contributed by atoms with Crippen molar-refractivity contribution in [1.29, 1.82) is 0 Å². The average molecular weight is 276 g/mol. The first-order valence-corrected chi connectivity index (χ1v) is 6.64. The highest BCUT2D eigenvalue weighted by Crippen LogP contribution is 2.27. The quantitative estimate of drug-likeness (QED) is 0.843. The third-order valence-electron chi connectivity index (χ3n) is 3.37. The first-order chi connectivity index (χ1) is 9.67. The van der Waals surface area contributed by atoms with Crippen molar-refractivity contribution in [2.45, 2.75) is 19.4 Å². The van der Waals surface area contributed by atoms with Crippen molar-refractivity contribution in [3.63, 3.8) is 0 Å². The molecule has 1 aliphatic rings. The lowest BCUT2D eigenvalue weighted by atomic mass is 10.1. The number of nitrogens with zero attached hydrogens (tertiary/aromatic N) is 2. The van der Waals surface area contributed by atoms with Crippen molar-refractivity contribution in [2.75, 3.05) is 24.6 Å². The molecule has 0 aliphatic carbocycles. The number of hydrogen-bond acceptors (Lipinski definition) is 6. The van der Waals surface area contributed by atoms with Gasteiger partial charge in [-0.05, 0) is 19.1 Å². The van der Waals surface area contributed by atoms with Crippen molar-refractivity contribution in [3.8, 4) is 0 Å². The normalized spacial score (nSPS) is 15.4. The highest BCUT2D eigenvalue weighted by Gasteiger charge is 2.25. The first kappa shape index (κ1) is 12.9. The zero-order chi connectivity index (χ0) is 14.1. The molecule has 2 heterocycles. The van der Waals surface area contributed by atoms with E-state index in [-0.39, 0.29) is 18.5 Å². The summed E-state index contributed by atoms with van der Waals surface area (Å²) in [5.41, 5.74) is 2.22. The van der Waals surface area contributed by atoms with Crippen molar-refractivity contribution in [2.24, 2.45) is 0 Å². The Kier molecular flexibility index (Phi) is 3.31. The Hall–Kier alpha value is -2.08. The molecule has 0 saturated carbocycles. The second kappa shape index (κ2) is 5.13. The van der Waals surface area contributed by atoms with Gasteiger partial charge in [-0.2, -0.15) is 0 Å². The van der Waals surface area contributed by atoms with Crippen LogP contribution < -0.4 is 4.90 Å². The predicted octanol–water partition coefficient (Wildman–Crippen LogP) is 1.11. The van der Waals surface area contributed by atoms with Gasteiger partial charge in [-0.15, -0.1) is 0 Å². The van der Waals surface area contributed by atoms with Crippen LogP contribution in [0.3, 0.4) is 0 Å². The molecule has 2 aromatic rings. The molecule has 0 atom stereocenters. The molecular weight excluding hydrogens is 260 g/mol. The molecule has 1 fully saturated rings. The van der Waals surface area contributed by atoms with E-state index in [0.717, 1.165) is 11.1 Å². The van der Waals surface area contributed by atoms with Gasteiger partial charge in [-0.3, -0.25) is 4.79 Å². The zero-order valence-electron chi connectivity index (χ0n) is 11.2. The van der Waals surface area contributed by atoms with E-state index in [1.165, 1.54) is 0 Å². The minimum Gasteiger partial charge on any atom is -0.466 e. The lowest BCUT2D eigenvalue weighted by Gasteiger charge is -2.37. The maximum absolute atomic E-state index is 11.5. The maximum Gasteiger partial charge on any atom is 0.312 e. The number of carbonyl (C=O) groups is 1. The molecule has 3 rings (SSSR count). The van der Waals surface area contributed by atoms with Gasteiger partial charge in [-0.25, -0.2) is 0 Å². The van der Waals surface area contributed by atoms with Gasteiger partial charge in [0.25, 0.3) is 0 Å². The fourth-order valence-electron chi connectivity index (χ4n) is 2.32. The summed E-state index contributed by atoms with van der Waals surface area (Å²) in [7, 11) is 0. The van der Waals surface area contributed by atoms with Crippen LogP contribution in [0, 0.1) is 0 Å². The van der Waals surface area contributed by atoms with Crippen molar-refractivity contribution < 1.29 is 19.2 Å². The average Bonchev–Trinajstić information content (AvgIpc) is 2.78. The number of β-amino-alcohol motifs (C(OH)–C–C–N with tert-alkyl or cyclic N) is 1. The van der Waals surface area contributed by atoms with Crippen LogP contribution in [0.15, 0.2) is 22.7 Å². The maximum atomic E-state index is 11.5. The topological polar surface area (TPSA) is 75.8 Å².